The molecular formula is C21H24N2O. The van der Waals surface area contributed by atoms with Gasteiger partial charge in [-0.2, -0.15) is 0 Å². The van der Waals surface area contributed by atoms with E-state index in [-0.39, 0.29) is 11.3 Å². The molecule has 1 spiro atoms. The zero-order valence-corrected chi connectivity index (χ0v) is 14.0. The number of benzene rings is 2. The van der Waals surface area contributed by atoms with Crippen LogP contribution in [-0.2, 0) is 11.8 Å². The lowest BCUT2D eigenvalue weighted by molar-refractivity contribution is 0.0886. The van der Waals surface area contributed by atoms with Crippen molar-refractivity contribution in [3.05, 3.63) is 71.3 Å². The van der Waals surface area contributed by atoms with E-state index in [9.17, 15) is 4.79 Å². The fraction of sp³-hybridized carbons (Fsp3) is 0.381. The van der Waals surface area contributed by atoms with Crippen LogP contribution in [0.1, 0.15) is 34.3 Å². The van der Waals surface area contributed by atoms with Gasteiger partial charge in [0, 0.05) is 24.1 Å². The smallest absolute Gasteiger partial charge is 0.251 e. The number of hydrogen-bond acceptors (Lipinski definition) is 2. The van der Waals surface area contributed by atoms with Crippen molar-refractivity contribution in [2.24, 2.45) is 0 Å². The third-order valence-electron chi connectivity index (χ3n) is 5.70. The maximum atomic E-state index is 12.1. The van der Waals surface area contributed by atoms with E-state index in [0.717, 1.165) is 51.0 Å². The Labute approximate surface area is 143 Å². The molecular weight excluding hydrogens is 296 g/mol. The molecule has 0 saturated carbocycles. The highest BCUT2D eigenvalue weighted by molar-refractivity contribution is 5.97. The predicted octanol–water partition coefficient (Wildman–Crippen LogP) is 3.01. The summed E-state index contributed by atoms with van der Waals surface area (Å²) in [7, 11) is 0. The van der Waals surface area contributed by atoms with Gasteiger partial charge in [-0.25, -0.2) is 0 Å². The van der Waals surface area contributed by atoms with Crippen LogP contribution in [0.4, 0.5) is 0 Å². The molecule has 1 N–H and O–H groups in total. The van der Waals surface area contributed by atoms with Crippen molar-refractivity contribution in [2.45, 2.75) is 24.7 Å². The van der Waals surface area contributed by atoms with E-state index < -0.39 is 0 Å². The minimum atomic E-state index is 0.0859. The van der Waals surface area contributed by atoms with Gasteiger partial charge in [-0.3, -0.25) is 4.79 Å². The number of carbonyl (C=O) groups is 1. The van der Waals surface area contributed by atoms with E-state index >= 15 is 0 Å². The Balaban J connectivity index is 1.43. The number of rotatable bonds is 3. The molecule has 24 heavy (non-hydrogen) atoms. The molecule has 0 aromatic heterocycles. The first kappa shape index (κ1) is 15.4. The highest BCUT2D eigenvalue weighted by atomic mass is 16.1. The van der Waals surface area contributed by atoms with E-state index in [1.807, 2.05) is 12.1 Å². The quantitative estimate of drug-likeness (QED) is 0.943. The second kappa shape index (κ2) is 6.40. The standard InChI is InChI=1S/C21H24N2O/c24-20-18-8-4-5-9-19(18)21(16-22-20)11-14-23(15-12-21)13-10-17-6-2-1-3-7-17/h1-9H,10-16H2,(H,22,24). The molecule has 124 valence electrons. The molecule has 2 aromatic rings. The lowest BCUT2D eigenvalue weighted by atomic mass is 9.69. The average molecular weight is 320 g/mol. The molecule has 2 aromatic carbocycles. The maximum Gasteiger partial charge on any atom is 0.251 e. The number of hydrogen-bond donors (Lipinski definition) is 1. The van der Waals surface area contributed by atoms with Crippen LogP contribution in [0.15, 0.2) is 54.6 Å². The Kier molecular flexibility index (Phi) is 4.11. The molecule has 0 unspecified atom stereocenters. The summed E-state index contributed by atoms with van der Waals surface area (Å²) in [6.45, 7) is 4.12. The molecule has 2 aliphatic rings. The van der Waals surface area contributed by atoms with Gasteiger partial charge in [0.15, 0.2) is 0 Å². The molecule has 1 amide bonds. The number of likely N-dealkylation sites (tertiary alicyclic amines) is 1. The zero-order chi connectivity index (χ0) is 16.4. The number of nitrogens with one attached hydrogen (secondary N) is 1. The van der Waals surface area contributed by atoms with Gasteiger partial charge in [-0.05, 0) is 49.5 Å². The Hall–Kier alpha value is -2.13. The monoisotopic (exact) mass is 320 g/mol. The SMILES string of the molecule is O=C1NCC2(CCN(CCc3ccccc3)CC2)c2ccccc21. The van der Waals surface area contributed by atoms with Crippen molar-refractivity contribution < 1.29 is 4.79 Å². The van der Waals surface area contributed by atoms with Gasteiger partial charge < -0.3 is 10.2 Å². The molecule has 3 heteroatoms. The maximum absolute atomic E-state index is 12.1. The lowest BCUT2D eigenvalue weighted by Gasteiger charge is -2.45. The number of carbonyl (C=O) groups excluding carboxylic acids is 1. The van der Waals surface area contributed by atoms with E-state index in [1.165, 1.54) is 11.1 Å². The molecule has 3 nitrogen and oxygen atoms in total. The summed E-state index contributed by atoms with van der Waals surface area (Å²) in [4.78, 5) is 14.7. The van der Waals surface area contributed by atoms with Crippen LogP contribution < -0.4 is 5.32 Å². The molecule has 1 fully saturated rings. The number of amides is 1. The highest BCUT2D eigenvalue weighted by Gasteiger charge is 2.41. The minimum Gasteiger partial charge on any atom is -0.351 e. The van der Waals surface area contributed by atoms with Crippen molar-refractivity contribution in [3.63, 3.8) is 0 Å². The van der Waals surface area contributed by atoms with Gasteiger partial charge in [0.2, 0.25) is 0 Å². The summed E-state index contributed by atoms with van der Waals surface area (Å²) < 4.78 is 0. The van der Waals surface area contributed by atoms with E-state index in [0.29, 0.717) is 0 Å². The molecule has 0 aliphatic carbocycles. The first-order valence-corrected chi connectivity index (χ1v) is 8.91. The second-order valence-corrected chi connectivity index (χ2v) is 7.09. The Morgan fingerprint density at radius 2 is 1.67 bits per heavy atom. The van der Waals surface area contributed by atoms with Gasteiger partial charge in [0.1, 0.15) is 0 Å². The van der Waals surface area contributed by atoms with Crippen molar-refractivity contribution in [3.8, 4) is 0 Å². The van der Waals surface area contributed by atoms with Crippen molar-refractivity contribution in [1.82, 2.24) is 10.2 Å². The van der Waals surface area contributed by atoms with E-state index in [2.05, 4.69) is 52.7 Å². The predicted molar refractivity (Wildman–Crippen MR) is 96.3 cm³/mol. The number of fused-ring (bicyclic) bond motifs is 2. The normalized spacial score (nSPS) is 19.8. The van der Waals surface area contributed by atoms with Crippen LogP contribution in [-0.4, -0.2) is 37.0 Å². The summed E-state index contributed by atoms with van der Waals surface area (Å²) in [5.74, 6) is 0.0859. The fourth-order valence-corrected chi connectivity index (χ4v) is 4.17. The Morgan fingerprint density at radius 1 is 0.958 bits per heavy atom. The molecule has 0 bridgehead atoms. The van der Waals surface area contributed by atoms with E-state index in [1.54, 1.807) is 0 Å². The highest BCUT2D eigenvalue weighted by Crippen LogP contribution is 2.39. The molecule has 1 saturated heterocycles. The summed E-state index contributed by atoms with van der Waals surface area (Å²) in [5.41, 5.74) is 3.68. The van der Waals surface area contributed by atoms with Gasteiger partial charge >= 0.3 is 0 Å². The molecule has 2 heterocycles. The van der Waals surface area contributed by atoms with Crippen LogP contribution >= 0.6 is 0 Å². The van der Waals surface area contributed by atoms with Crippen LogP contribution in [0, 0.1) is 0 Å². The number of piperidine rings is 1. The third kappa shape index (κ3) is 2.84. The molecule has 2 aliphatic heterocycles. The Morgan fingerprint density at radius 3 is 2.46 bits per heavy atom. The molecule has 0 radical (unpaired) electrons. The first-order chi connectivity index (χ1) is 11.8. The summed E-state index contributed by atoms with van der Waals surface area (Å²) >= 11 is 0. The van der Waals surface area contributed by atoms with Crippen LogP contribution in [0.2, 0.25) is 0 Å². The Bertz CT molecular complexity index is 718. The third-order valence-corrected chi connectivity index (χ3v) is 5.70. The number of nitrogens with zero attached hydrogens (tertiary/aromatic N) is 1. The summed E-state index contributed by atoms with van der Waals surface area (Å²) in [6.07, 6.45) is 3.36. The average Bonchev–Trinajstić information content (AvgIpc) is 2.66. The van der Waals surface area contributed by atoms with Crippen molar-refractivity contribution in [2.75, 3.05) is 26.2 Å². The van der Waals surface area contributed by atoms with Crippen LogP contribution in [0.25, 0.3) is 0 Å². The molecule has 0 atom stereocenters. The summed E-state index contributed by atoms with van der Waals surface area (Å²) in [5, 5.41) is 3.11. The largest absolute Gasteiger partial charge is 0.351 e. The minimum absolute atomic E-state index is 0.0859. The fourth-order valence-electron chi connectivity index (χ4n) is 4.17. The lowest BCUT2D eigenvalue weighted by Crippen LogP contribution is -2.52. The van der Waals surface area contributed by atoms with Gasteiger partial charge in [0.05, 0.1) is 0 Å². The van der Waals surface area contributed by atoms with Gasteiger partial charge in [-0.1, -0.05) is 48.5 Å². The first-order valence-electron chi connectivity index (χ1n) is 8.91. The van der Waals surface area contributed by atoms with E-state index in [4.69, 9.17) is 0 Å². The van der Waals surface area contributed by atoms with Gasteiger partial charge in [-0.15, -0.1) is 0 Å². The molecule has 4 rings (SSSR count). The van der Waals surface area contributed by atoms with Crippen LogP contribution in [0.3, 0.4) is 0 Å². The second-order valence-electron chi connectivity index (χ2n) is 7.09. The van der Waals surface area contributed by atoms with Crippen molar-refractivity contribution in [1.29, 1.82) is 0 Å². The van der Waals surface area contributed by atoms with Crippen molar-refractivity contribution >= 4 is 5.91 Å². The topological polar surface area (TPSA) is 32.3 Å². The van der Waals surface area contributed by atoms with Gasteiger partial charge in [0.25, 0.3) is 5.91 Å². The summed E-state index contributed by atoms with van der Waals surface area (Å²) in [6, 6.07) is 18.9. The zero-order valence-electron chi connectivity index (χ0n) is 14.0. The van der Waals surface area contributed by atoms with Crippen LogP contribution in [0.5, 0.6) is 0 Å².